The zero-order chi connectivity index (χ0) is 22.5. The lowest BCUT2D eigenvalue weighted by Gasteiger charge is -2.12. The minimum absolute atomic E-state index is 0.0518. The highest BCUT2D eigenvalue weighted by Gasteiger charge is 2.35. The molecule has 3 amide bonds. The summed E-state index contributed by atoms with van der Waals surface area (Å²) in [6, 6.07) is 8.60. The van der Waals surface area contributed by atoms with E-state index in [1.54, 1.807) is 6.07 Å². The fraction of sp³-hybridized carbons (Fsp3) is 0.238. The molecule has 10 heteroatoms. The minimum atomic E-state index is -0.807. The molecule has 0 spiro atoms. The van der Waals surface area contributed by atoms with Crippen molar-refractivity contribution < 1.29 is 28.7 Å². The van der Waals surface area contributed by atoms with Gasteiger partial charge in [0.2, 0.25) is 0 Å². The Morgan fingerprint density at radius 1 is 1.03 bits per heavy atom. The van der Waals surface area contributed by atoms with Gasteiger partial charge in [-0.15, -0.1) is 0 Å². The van der Waals surface area contributed by atoms with Crippen molar-refractivity contribution in [2.75, 3.05) is 32.2 Å². The third kappa shape index (κ3) is 5.22. The molecule has 0 aromatic heterocycles. The molecule has 1 aliphatic heterocycles. The molecule has 2 aromatic rings. The highest BCUT2D eigenvalue weighted by Crippen LogP contribution is 2.26. The van der Waals surface area contributed by atoms with Crippen molar-refractivity contribution in [3.8, 4) is 0 Å². The number of carbonyl (C=O) groups excluding carboxylic acids is 4. The second-order valence-electron chi connectivity index (χ2n) is 6.62. The molecule has 0 atom stereocenters. The van der Waals surface area contributed by atoms with Crippen LogP contribution in [0.1, 0.15) is 37.5 Å². The molecule has 0 bridgehead atoms. The van der Waals surface area contributed by atoms with Gasteiger partial charge in [0.25, 0.3) is 17.7 Å². The molecular formula is C21H18Cl2N2O6. The van der Waals surface area contributed by atoms with Crippen LogP contribution in [0.2, 0.25) is 10.0 Å². The van der Waals surface area contributed by atoms with E-state index in [0.29, 0.717) is 23.7 Å². The van der Waals surface area contributed by atoms with Gasteiger partial charge in [0.15, 0.2) is 6.61 Å². The van der Waals surface area contributed by atoms with E-state index in [2.05, 4.69) is 5.32 Å². The number of carbonyl (C=O) groups is 4. The van der Waals surface area contributed by atoms with E-state index in [0.717, 1.165) is 4.90 Å². The van der Waals surface area contributed by atoms with Crippen LogP contribution in [0.3, 0.4) is 0 Å². The number of amides is 3. The number of esters is 1. The number of benzene rings is 2. The highest BCUT2D eigenvalue weighted by atomic mass is 35.5. The summed E-state index contributed by atoms with van der Waals surface area (Å²) < 4.78 is 9.95. The number of nitrogens with zero attached hydrogens (tertiary/aromatic N) is 1. The zero-order valence-corrected chi connectivity index (χ0v) is 18.0. The van der Waals surface area contributed by atoms with E-state index in [1.807, 2.05) is 0 Å². The van der Waals surface area contributed by atoms with Gasteiger partial charge in [-0.3, -0.25) is 19.3 Å². The number of halogens is 2. The zero-order valence-electron chi connectivity index (χ0n) is 16.4. The number of hydrogen-bond donors (Lipinski definition) is 1. The highest BCUT2D eigenvalue weighted by molar-refractivity contribution is 6.36. The quantitative estimate of drug-likeness (QED) is 0.364. The van der Waals surface area contributed by atoms with E-state index in [1.165, 1.54) is 37.4 Å². The molecule has 162 valence electrons. The van der Waals surface area contributed by atoms with Gasteiger partial charge in [-0.05, 0) is 42.8 Å². The first-order valence-electron chi connectivity index (χ1n) is 9.23. The van der Waals surface area contributed by atoms with Crippen molar-refractivity contribution in [3.63, 3.8) is 0 Å². The van der Waals surface area contributed by atoms with Crippen molar-refractivity contribution in [1.82, 2.24) is 4.90 Å². The van der Waals surface area contributed by atoms with Crippen LogP contribution in [0.15, 0.2) is 36.4 Å². The van der Waals surface area contributed by atoms with Gasteiger partial charge >= 0.3 is 5.97 Å². The van der Waals surface area contributed by atoms with E-state index in [-0.39, 0.29) is 28.3 Å². The van der Waals surface area contributed by atoms with E-state index in [9.17, 15) is 19.2 Å². The van der Waals surface area contributed by atoms with Gasteiger partial charge in [0, 0.05) is 25.3 Å². The Balaban J connectivity index is 1.61. The van der Waals surface area contributed by atoms with Crippen LogP contribution in [0, 0.1) is 0 Å². The smallest absolute Gasteiger partial charge is 0.338 e. The van der Waals surface area contributed by atoms with Crippen LogP contribution in [0.5, 0.6) is 0 Å². The molecule has 0 saturated heterocycles. The molecular weight excluding hydrogens is 447 g/mol. The molecule has 8 nitrogen and oxygen atoms in total. The first kappa shape index (κ1) is 22.7. The number of fused-ring (bicyclic) bond motifs is 1. The van der Waals surface area contributed by atoms with Gasteiger partial charge in [0.1, 0.15) is 0 Å². The van der Waals surface area contributed by atoms with Crippen LogP contribution >= 0.6 is 23.2 Å². The molecule has 0 radical (unpaired) electrons. The second kappa shape index (κ2) is 9.91. The predicted molar refractivity (Wildman–Crippen MR) is 114 cm³/mol. The molecule has 0 aliphatic carbocycles. The van der Waals surface area contributed by atoms with Gasteiger partial charge < -0.3 is 14.8 Å². The number of hydrogen-bond acceptors (Lipinski definition) is 6. The van der Waals surface area contributed by atoms with Crippen molar-refractivity contribution in [2.45, 2.75) is 6.42 Å². The largest absolute Gasteiger partial charge is 0.452 e. The third-order valence-corrected chi connectivity index (χ3v) is 5.02. The fourth-order valence-corrected chi connectivity index (χ4v) is 3.44. The first-order chi connectivity index (χ1) is 14.8. The summed E-state index contributed by atoms with van der Waals surface area (Å²) in [4.78, 5) is 50.4. The maximum atomic E-state index is 12.5. The van der Waals surface area contributed by atoms with Crippen LogP contribution in [0.4, 0.5) is 5.69 Å². The standard InChI is InChI=1S/C21H18Cl2N2O6/c1-30-8-2-7-25-19(27)14-5-3-12(9-15(14)20(25)28)21(29)31-11-18(26)24-17-6-4-13(22)10-16(17)23/h3-6,9-10H,2,7-8,11H2,1H3,(H,24,26). The summed E-state index contributed by atoms with van der Waals surface area (Å²) in [5.74, 6) is -2.32. The average Bonchev–Trinajstić information content (AvgIpc) is 2.98. The first-order valence-corrected chi connectivity index (χ1v) is 9.98. The molecule has 3 rings (SSSR count). The maximum Gasteiger partial charge on any atom is 0.338 e. The molecule has 1 heterocycles. The van der Waals surface area contributed by atoms with Crippen LogP contribution in [0.25, 0.3) is 0 Å². The van der Waals surface area contributed by atoms with Crippen molar-refractivity contribution >= 4 is 52.6 Å². The second-order valence-corrected chi connectivity index (χ2v) is 7.46. The molecule has 1 aliphatic rings. The lowest BCUT2D eigenvalue weighted by Crippen LogP contribution is -2.31. The SMILES string of the molecule is COCCCN1C(=O)c2ccc(C(=O)OCC(=O)Nc3ccc(Cl)cc3Cl)cc2C1=O. The Hall–Kier alpha value is -2.94. The monoisotopic (exact) mass is 464 g/mol. The molecule has 2 aromatic carbocycles. The Morgan fingerprint density at radius 3 is 2.48 bits per heavy atom. The van der Waals surface area contributed by atoms with Gasteiger partial charge in [0.05, 0.1) is 27.4 Å². The van der Waals surface area contributed by atoms with Crippen LogP contribution < -0.4 is 5.32 Å². The summed E-state index contributed by atoms with van der Waals surface area (Å²) in [6.07, 6.45) is 0.504. The predicted octanol–water partition coefficient (Wildman–Crippen LogP) is 3.42. The average molecular weight is 465 g/mol. The number of imide groups is 1. The van der Waals surface area contributed by atoms with Crippen molar-refractivity contribution in [2.24, 2.45) is 0 Å². The lowest BCUT2D eigenvalue weighted by molar-refractivity contribution is -0.119. The summed E-state index contributed by atoms with van der Waals surface area (Å²) >= 11 is 11.8. The van der Waals surface area contributed by atoms with E-state index in [4.69, 9.17) is 32.7 Å². The molecule has 31 heavy (non-hydrogen) atoms. The topological polar surface area (TPSA) is 102 Å². The van der Waals surface area contributed by atoms with Gasteiger partial charge in [-0.25, -0.2) is 4.79 Å². The van der Waals surface area contributed by atoms with Crippen molar-refractivity contribution in [1.29, 1.82) is 0 Å². The Labute approximate surface area is 188 Å². The van der Waals surface area contributed by atoms with Gasteiger partial charge in [-0.1, -0.05) is 23.2 Å². The molecule has 1 N–H and O–H groups in total. The maximum absolute atomic E-state index is 12.5. The third-order valence-electron chi connectivity index (χ3n) is 4.48. The summed E-state index contributed by atoms with van der Waals surface area (Å²) in [5, 5.41) is 3.16. The van der Waals surface area contributed by atoms with Crippen LogP contribution in [-0.2, 0) is 14.3 Å². The Kier molecular flexibility index (Phi) is 7.27. The Bertz CT molecular complexity index is 1060. The van der Waals surface area contributed by atoms with Crippen LogP contribution in [-0.4, -0.2) is 55.5 Å². The summed E-state index contributed by atoms with van der Waals surface area (Å²) in [5.41, 5.74) is 0.710. The molecule has 0 saturated carbocycles. The minimum Gasteiger partial charge on any atom is -0.452 e. The number of anilines is 1. The summed E-state index contributed by atoms with van der Waals surface area (Å²) in [7, 11) is 1.53. The number of ether oxygens (including phenoxy) is 2. The van der Waals surface area contributed by atoms with E-state index < -0.39 is 30.3 Å². The fourth-order valence-electron chi connectivity index (χ4n) is 2.98. The normalized spacial score (nSPS) is 12.7. The summed E-state index contributed by atoms with van der Waals surface area (Å²) in [6.45, 7) is 0.0621. The molecule has 0 fully saturated rings. The van der Waals surface area contributed by atoms with E-state index >= 15 is 0 Å². The van der Waals surface area contributed by atoms with Gasteiger partial charge in [-0.2, -0.15) is 0 Å². The Morgan fingerprint density at radius 2 is 1.77 bits per heavy atom. The molecule has 0 unspecified atom stereocenters. The number of methoxy groups -OCH3 is 1. The van der Waals surface area contributed by atoms with Crippen molar-refractivity contribution in [3.05, 3.63) is 63.1 Å². The lowest BCUT2D eigenvalue weighted by atomic mass is 10.1. The number of rotatable bonds is 8. The number of nitrogens with one attached hydrogen (secondary N) is 1.